The van der Waals surface area contributed by atoms with Crippen molar-refractivity contribution in [3.8, 4) is 5.75 Å². The molecule has 0 heterocycles. The molecule has 0 spiro atoms. The highest BCUT2D eigenvalue weighted by molar-refractivity contribution is 5.84. The van der Waals surface area contributed by atoms with E-state index >= 15 is 0 Å². The molecule has 1 aromatic carbocycles. The molecule has 0 aliphatic heterocycles. The fourth-order valence-corrected chi connectivity index (χ4v) is 1.29. The molecular weight excluding hydrogens is 248 g/mol. The van der Waals surface area contributed by atoms with E-state index in [-0.39, 0.29) is 11.7 Å². The molecule has 0 unspecified atom stereocenters. The summed E-state index contributed by atoms with van der Waals surface area (Å²) in [4.78, 5) is 21.4. The molecule has 5 heteroatoms. The number of benzene rings is 1. The number of allylic oxidation sites excluding steroid dienone is 2. The Morgan fingerprint density at radius 1 is 1.21 bits per heavy atom. The molecule has 0 aliphatic rings. The first-order chi connectivity index (χ1) is 9.02. The van der Waals surface area contributed by atoms with Crippen molar-refractivity contribution in [3.05, 3.63) is 47.7 Å². The van der Waals surface area contributed by atoms with Crippen LogP contribution in [0.3, 0.4) is 0 Å². The van der Waals surface area contributed by atoms with Gasteiger partial charge in [0, 0.05) is 6.92 Å². The van der Waals surface area contributed by atoms with E-state index in [9.17, 15) is 9.59 Å². The molecule has 100 valence electrons. The molecular formula is C14H14O5. The Morgan fingerprint density at radius 2 is 1.84 bits per heavy atom. The van der Waals surface area contributed by atoms with E-state index in [1.165, 1.54) is 20.1 Å². The number of rotatable bonds is 5. The monoisotopic (exact) mass is 262 g/mol. The van der Waals surface area contributed by atoms with Crippen molar-refractivity contribution < 1.29 is 24.2 Å². The van der Waals surface area contributed by atoms with Crippen LogP contribution >= 0.6 is 0 Å². The van der Waals surface area contributed by atoms with Crippen LogP contribution < -0.4 is 4.74 Å². The topological polar surface area (TPSA) is 72.8 Å². The van der Waals surface area contributed by atoms with Crippen LogP contribution in [0, 0.1) is 0 Å². The van der Waals surface area contributed by atoms with Crippen LogP contribution in [0.2, 0.25) is 0 Å². The van der Waals surface area contributed by atoms with Gasteiger partial charge in [0.05, 0.1) is 7.11 Å². The van der Waals surface area contributed by atoms with Crippen LogP contribution in [0.1, 0.15) is 12.5 Å². The van der Waals surface area contributed by atoms with Gasteiger partial charge < -0.3 is 14.6 Å². The van der Waals surface area contributed by atoms with Crippen molar-refractivity contribution in [1.82, 2.24) is 0 Å². The van der Waals surface area contributed by atoms with E-state index in [4.69, 9.17) is 9.84 Å². The molecule has 0 bridgehead atoms. The highest BCUT2D eigenvalue weighted by Crippen LogP contribution is 2.13. The predicted molar refractivity (Wildman–Crippen MR) is 69.5 cm³/mol. The molecule has 0 aromatic heterocycles. The largest absolute Gasteiger partial charge is 0.490 e. The Balaban J connectivity index is 2.72. The number of aliphatic carboxylic acids is 1. The SMILES string of the molecule is COC(=CC=Cc1ccc(OC(C)=O)cc1)C(=O)O. The van der Waals surface area contributed by atoms with Gasteiger partial charge in [0.1, 0.15) is 5.75 Å². The molecule has 1 N–H and O–H groups in total. The number of carboxylic acid groups (broad SMARTS) is 1. The van der Waals surface area contributed by atoms with Crippen LogP contribution in [0.25, 0.3) is 6.08 Å². The quantitative estimate of drug-likeness (QED) is 0.289. The molecule has 0 atom stereocenters. The Labute approximate surface area is 110 Å². The van der Waals surface area contributed by atoms with Crippen molar-refractivity contribution in [2.45, 2.75) is 6.92 Å². The van der Waals surface area contributed by atoms with Crippen molar-refractivity contribution in [1.29, 1.82) is 0 Å². The molecule has 19 heavy (non-hydrogen) atoms. The second-order valence-corrected chi connectivity index (χ2v) is 3.56. The summed E-state index contributed by atoms with van der Waals surface area (Å²) < 4.78 is 9.55. The third kappa shape index (κ3) is 5.08. The second-order valence-electron chi connectivity index (χ2n) is 3.56. The third-order valence-electron chi connectivity index (χ3n) is 2.11. The number of ether oxygens (including phenoxy) is 2. The van der Waals surface area contributed by atoms with Gasteiger partial charge in [-0.05, 0) is 23.8 Å². The Hall–Kier alpha value is -2.56. The third-order valence-corrected chi connectivity index (χ3v) is 2.11. The molecule has 0 amide bonds. The number of carbonyl (C=O) groups is 2. The van der Waals surface area contributed by atoms with Gasteiger partial charge in [0.15, 0.2) is 0 Å². The molecule has 0 fully saturated rings. The smallest absolute Gasteiger partial charge is 0.371 e. The first-order valence-corrected chi connectivity index (χ1v) is 5.47. The van der Waals surface area contributed by atoms with Crippen LogP contribution in [0.15, 0.2) is 42.2 Å². The Morgan fingerprint density at radius 3 is 2.32 bits per heavy atom. The van der Waals surface area contributed by atoms with Crippen molar-refractivity contribution in [3.63, 3.8) is 0 Å². The molecule has 0 aliphatic carbocycles. The van der Waals surface area contributed by atoms with Gasteiger partial charge in [-0.25, -0.2) is 4.79 Å². The average molecular weight is 262 g/mol. The van der Waals surface area contributed by atoms with E-state index in [1.54, 1.807) is 36.4 Å². The number of hydrogen-bond donors (Lipinski definition) is 1. The molecule has 0 saturated heterocycles. The lowest BCUT2D eigenvalue weighted by Gasteiger charge is -2.00. The summed E-state index contributed by atoms with van der Waals surface area (Å²) >= 11 is 0. The van der Waals surface area contributed by atoms with Crippen LogP contribution in [0.4, 0.5) is 0 Å². The number of hydrogen-bond acceptors (Lipinski definition) is 4. The number of esters is 1. The first-order valence-electron chi connectivity index (χ1n) is 5.47. The average Bonchev–Trinajstić information content (AvgIpc) is 2.35. The Bertz CT molecular complexity index is 511. The molecule has 1 aromatic rings. The lowest BCUT2D eigenvalue weighted by molar-refractivity contribution is -0.136. The van der Waals surface area contributed by atoms with Gasteiger partial charge in [-0.1, -0.05) is 24.3 Å². The molecule has 1 rings (SSSR count). The van der Waals surface area contributed by atoms with E-state index in [1.807, 2.05) is 0 Å². The van der Waals surface area contributed by atoms with Crippen molar-refractivity contribution in [2.75, 3.05) is 7.11 Å². The van der Waals surface area contributed by atoms with Gasteiger partial charge >= 0.3 is 11.9 Å². The lowest BCUT2D eigenvalue weighted by Crippen LogP contribution is -2.01. The number of methoxy groups -OCH3 is 1. The minimum Gasteiger partial charge on any atom is -0.490 e. The maximum absolute atomic E-state index is 10.7. The zero-order valence-corrected chi connectivity index (χ0v) is 10.6. The van der Waals surface area contributed by atoms with Gasteiger partial charge in [-0.15, -0.1) is 0 Å². The normalized spacial score (nSPS) is 11.4. The minimum atomic E-state index is -1.13. The fraction of sp³-hybridized carbons (Fsp3) is 0.143. The summed E-state index contributed by atoms with van der Waals surface area (Å²) in [5, 5.41) is 8.72. The highest BCUT2D eigenvalue weighted by atomic mass is 16.5. The van der Waals surface area contributed by atoms with Crippen molar-refractivity contribution >= 4 is 18.0 Å². The fourth-order valence-electron chi connectivity index (χ4n) is 1.29. The summed E-state index contributed by atoms with van der Waals surface area (Å²) in [6.07, 6.45) is 4.62. The summed E-state index contributed by atoms with van der Waals surface area (Å²) in [6.45, 7) is 1.33. The van der Waals surface area contributed by atoms with Gasteiger partial charge in [-0.2, -0.15) is 0 Å². The highest BCUT2D eigenvalue weighted by Gasteiger charge is 2.03. The summed E-state index contributed by atoms with van der Waals surface area (Å²) in [7, 11) is 1.29. The lowest BCUT2D eigenvalue weighted by atomic mass is 10.2. The molecule has 5 nitrogen and oxygen atoms in total. The van der Waals surface area contributed by atoms with E-state index in [2.05, 4.69) is 4.74 Å². The van der Waals surface area contributed by atoms with Crippen molar-refractivity contribution in [2.24, 2.45) is 0 Å². The summed E-state index contributed by atoms with van der Waals surface area (Å²) in [5.41, 5.74) is 0.841. The predicted octanol–water partition coefficient (Wildman–Crippen LogP) is 2.24. The summed E-state index contributed by atoms with van der Waals surface area (Å²) in [5.74, 6) is -1.19. The van der Waals surface area contributed by atoms with Crippen LogP contribution in [0.5, 0.6) is 5.75 Å². The minimum absolute atomic E-state index is 0.146. The van der Waals surface area contributed by atoms with E-state index in [0.717, 1.165) is 5.56 Å². The van der Waals surface area contributed by atoms with Crippen LogP contribution in [-0.2, 0) is 14.3 Å². The standard InChI is InChI=1S/C14H14O5/c1-10(15)19-12-8-6-11(7-9-12)4-3-5-13(18-2)14(16)17/h3-9H,1-2H3,(H,16,17). The number of carbonyl (C=O) groups excluding carboxylic acids is 1. The van der Waals surface area contributed by atoms with Crippen LogP contribution in [-0.4, -0.2) is 24.2 Å². The molecule has 0 radical (unpaired) electrons. The maximum Gasteiger partial charge on any atom is 0.371 e. The van der Waals surface area contributed by atoms with E-state index < -0.39 is 5.97 Å². The van der Waals surface area contributed by atoms with Gasteiger partial charge in [0.25, 0.3) is 0 Å². The summed E-state index contributed by atoms with van der Waals surface area (Å²) in [6, 6.07) is 6.80. The first kappa shape index (κ1) is 14.5. The van der Waals surface area contributed by atoms with E-state index in [0.29, 0.717) is 5.75 Å². The van der Waals surface area contributed by atoms with Gasteiger partial charge in [-0.3, -0.25) is 4.79 Å². The Kier molecular flexibility index (Phi) is 5.35. The zero-order chi connectivity index (χ0) is 14.3. The number of carboxylic acids is 1. The second kappa shape index (κ2) is 7.00. The zero-order valence-electron chi connectivity index (χ0n) is 10.6. The molecule has 0 saturated carbocycles. The van der Waals surface area contributed by atoms with Gasteiger partial charge in [0.2, 0.25) is 5.76 Å². The maximum atomic E-state index is 10.7.